The third-order valence-corrected chi connectivity index (χ3v) is 7.49. The van der Waals surface area contributed by atoms with Gasteiger partial charge in [0.15, 0.2) is 0 Å². The Balaban J connectivity index is 1.52. The first-order chi connectivity index (χ1) is 14.4. The van der Waals surface area contributed by atoms with E-state index in [1.165, 1.54) is 35.4 Å². The second-order valence-electron chi connectivity index (χ2n) is 7.16. The molecule has 156 valence electrons. The van der Waals surface area contributed by atoms with Gasteiger partial charge in [-0.25, -0.2) is 13.1 Å². The van der Waals surface area contributed by atoms with Gasteiger partial charge in [0.25, 0.3) is 5.69 Å². The van der Waals surface area contributed by atoms with Gasteiger partial charge in [0.05, 0.1) is 9.82 Å². The Bertz CT molecular complexity index is 1130. The third kappa shape index (κ3) is 4.44. The molecule has 0 saturated carbocycles. The Kier molecular flexibility index (Phi) is 5.96. The Morgan fingerprint density at radius 1 is 1.10 bits per heavy atom. The number of nitro groups is 1. The van der Waals surface area contributed by atoms with Crippen molar-refractivity contribution in [3.63, 3.8) is 0 Å². The van der Waals surface area contributed by atoms with Gasteiger partial charge in [0, 0.05) is 37.8 Å². The molecule has 9 heteroatoms. The molecule has 0 radical (unpaired) electrons. The van der Waals surface area contributed by atoms with E-state index in [1.807, 2.05) is 29.0 Å². The van der Waals surface area contributed by atoms with E-state index in [4.69, 9.17) is 0 Å². The second kappa shape index (κ2) is 8.65. The van der Waals surface area contributed by atoms with Crippen LogP contribution in [0.3, 0.4) is 0 Å². The number of hydrogen-bond acceptors (Lipinski definition) is 6. The van der Waals surface area contributed by atoms with Crippen molar-refractivity contribution in [1.29, 1.82) is 0 Å². The SMILES string of the molecule is O=[N+]([O-])c1ccc(S(=O)(=O)NCC(c2ccsc2)N2CCc3ccccc3C2)cc1. The van der Waals surface area contributed by atoms with Crippen LogP contribution in [0.2, 0.25) is 0 Å². The van der Waals surface area contributed by atoms with Gasteiger partial charge in [0.2, 0.25) is 10.0 Å². The minimum Gasteiger partial charge on any atom is -0.290 e. The summed E-state index contributed by atoms with van der Waals surface area (Å²) in [7, 11) is -3.78. The van der Waals surface area contributed by atoms with Gasteiger partial charge in [0.1, 0.15) is 0 Å². The summed E-state index contributed by atoms with van der Waals surface area (Å²) in [5, 5.41) is 14.8. The van der Waals surface area contributed by atoms with Crippen LogP contribution in [0, 0.1) is 10.1 Å². The van der Waals surface area contributed by atoms with Crippen LogP contribution in [0.25, 0.3) is 0 Å². The van der Waals surface area contributed by atoms with Crippen molar-refractivity contribution in [1.82, 2.24) is 9.62 Å². The van der Waals surface area contributed by atoms with Crippen LogP contribution in [-0.4, -0.2) is 31.3 Å². The summed E-state index contributed by atoms with van der Waals surface area (Å²) in [6.07, 6.45) is 0.923. The number of sulfonamides is 1. The molecule has 1 N–H and O–H groups in total. The fourth-order valence-electron chi connectivity index (χ4n) is 3.72. The zero-order chi connectivity index (χ0) is 21.1. The van der Waals surface area contributed by atoms with Crippen molar-refractivity contribution >= 4 is 27.0 Å². The van der Waals surface area contributed by atoms with Gasteiger partial charge in [-0.3, -0.25) is 15.0 Å². The summed E-state index contributed by atoms with van der Waals surface area (Å²) in [6.45, 7) is 1.82. The molecule has 4 rings (SSSR count). The third-order valence-electron chi connectivity index (χ3n) is 5.35. The number of benzene rings is 2. The van der Waals surface area contributed by atoms with Gasteiger partial charge in [-0.2, -0.15) is 11.3 Å². The van der Waals surface area contributed by atoms with Crippen LogP contribution in [0.15, 0.2) is 70.3 Å². The molecule has 3 aromatic rings. The highest BCUT2D eigenvalue weighted by atomic mass is 32.2. The van der Waals surface area contributed by atoms with E-state index in [1.54, 1.807) is 11.3 Å². The van der Waals surface area contributed by atoms with E-state index < -0.39 is 14.9 Å². The van der Waals surface area contributed by atoms with Crippen LogP contribution in [0.4, 0.5) is 5.69 Å². The van der Waals surface area contributed by atoms with E-state index in [-0.39, 0.29) is 23.2 Å². The molecule has 0 spiro atoms. The number of nitrogens with zero attached hydrogens (tertiary/aromatic N) is 2. The molecule has 7 nitrogen and oxygen atoms in total. The predicted molar refractivity (Wildman–Crippen MR) is 116 cm³/mol. The second-order valence-corrected chi connectivity index (χ2v) is 9.71. The number of non-ortho nitro benzene ring substituents is 1. The first-order valence-corrected chi connectivity index (χ1v) is 11.9. The van der Waals surface area contributed by atoms with Crippen LogP contribution in [-0.2, 0) is 23.0 Å². The number of nitro benzene ring substituents is 1. The van der Waals surface area contributed by atoms with Crippen molar-refractivity contribution in [2.24, 2.45) is 0 Å². The Hall–Kier alpha value is -2.59. The molecule has 2 aromatic carbocycles. The lowest BCUT2D eigenvalue weighted by atomic mass is 9.97. The van der Waals surface area contributed by atoms with Crippen molar-refractivity contribution < 1.29 is 13.3 Å². The van der Waals surface area contributed by atoms with Crippen molar-refractivity contribution in [3.8, 4) is 0 Å². The molecular weight excluding hydrogens is 422 g/mol. The van der Waals surface area contributed by atoms with Crippen LogP contribution in [0.5, 0.6) is 0 Å². The minimum atomic E-state index is -3.78. The highest BCUT2D eigenvalue weighted by Crippen LogP contribution is 2.29. The van der Waals surface area contributed by atoms with Gasteiger partial charge in [-0.1, -0.05) is 24.3 Å². The predicted octanol–water partition coefficient (Wildman–Crippen LogP) is 3.73. The zero-order valence-corrected chi connectivity index (χ0v) is 17.7. The molecule has 1 atom stereocenters. The first-order valence-electron chi connectivity index (χ1n) is 9.51. The largest absolute Gasteiger partial charge is 0.290 e. The summed E-state index contributed by atoms with van der Waals surface area (Å²) in [4.78, 5) is 12.6. The van der Waals surface area contributed by atoms with Gasteiger partial charge >= 0.3 is 0 Å². The lowest BCUT2D eigenvalue weighted by Gasteiger charge is -2.35. The number of thiophene rings is 1. The summed E-state index contributed by atoms with van der Waals surface area (Å²) in [5.74, 6) is 0. The Morgan fingerprint density at radius 2 is 1.83 bits per heavy atom. The quantitative estimate of drug-likeness (QED) is 0.444. The molecule has 0 aliphatic carbocycles. The molecule has 30 heavy (non-hydrogen) atoms. The molecule has 0 saturated heterocycles. The molecule has 2 heterocycles. The summed E-state index contributed by atoms with van der Waals surface area (Å²) >= 11 is 1.58. The van der Waals surface area contributed by atoms with E-state index in [0.29, 0.717) is 0 Å². The number of fused-ring (bicyclic) bond motifs is 1. The number of nitrogens with one attached hydrogen (secondary N) is 1. The molecule has 1 unspecified atom stereocenters. The molecule has 1 aromatic heterocycles. The highest BCUT2D eigenvalue weighted by molar-refractivity contribution is 7.89. The molecule has 0 bridgehead atoms. The van der Waals surface area contributed by atoms with Crippen molar-refractivity contribution in [2.75, 3.05) is 13.1 Å². The molecule has 0 amide bonds. The van der Waals surface area contributed by atoms with E-state index in [0.717, 1.165) is 25.1 Å². The van der Waals surface area contributed by atoms with Crippen LogP contribution >= 0.6 is 11.3 Å². The topological polar surface area (TPSA) is 92.5 Å². The smallest absolute Gasteiger partial charge is 0.269 e. The maximum Gasteiger partial charge on any atom is 0.269 e. The highest BCUT2D eigenvalue weighted by Gasteiger charge is 2.27. The molecule has 1 aliphatic rings. The normalized spacial score (nSPS) is 15.5. The first kappa shape index (κ1) is 20.7. The maximum absolute atomic E-state index is 12.8. The number of hydrogen-bond donors (Lipinski definition) is 1. The van der Waals surface area contributed by atoms with E-state index in [2.05, 4.69) is 21.8 Å². The summed E-state index contributed by atoms with van der Waals surface area (Å²) < 4.78 is 28.2. The van der Waals surface area contributed by atoms with Gasteiger partial charge < -0.3 is 0 Å². The van der Waals surface area contributed by atoms with Crippen molar-refractivity contribution in [3.05, 3.63) is 92.2 Å². The average Bonchev–Trinajstić information content (AvgIpc) is 3.28. The van der Waals surface area contributed by atoms with Gasteiger partial charge in [-0.15, -0.1) is 0 Å². The molecular formula is C21H21N3O4S2. The van der Waals surface area contributed by atoms with Crippen LogP contribution in [0.1, 0.15) is 22.7 Å². The summed E-state index contributed by atoms with van der Waals surface area (Å²) in [6, 6.07) is 15.2. The fourth-order valence-corrected chi connectivity index (χ4v) is 5.47. The van der Waals surface area contributed by atoms with Crippen LogP contribution < -0.4 is 4.72 Å². The van der Waals surface area contributed by atoms with E-state index >= 15 is 0 Å². The lowest BCUT2D eigenvalue weighted by molar-refractivity contribution is -0.384. The Morgan fingerprint density at radius 3 is 2.50 bits per heavy atom. The van der Waals surface area contributed by atoms with Gasteiger partial charge in [-0.05, 0) is 52.1 Å². The average molecular weight is 444 g/mol. The minimum absolute atomic E-state index is 0.0150. The molecule has 0 fully saturated rings. The zero-order valence-electron chi connectivity index (χ0n) is 16.1. The van der Waals surface area contributed by atoms with Crippen molar-refractivity contribution in [2.45, 2.75) is 23.9 Å². The molecule has 1 aliphatic heterocycles. The standard InChI is InChI=1S/C21H21N3O4S2/c25-24(26)19-5-7-20(8-6-19)30(27,28)22-13-21(18-10-12-29-15-18)23-11-9-16-3-1-2-4-17(16)14-23/h1-8,10,12,15,21-22H,9,11,13-14H2. The number of rotatable bonds is 7. The lowest BCUT2D eigenvalue weighted by Crippen LogP contribution is -2.40. The Labute approximate surface area is 179 Å². The fraction of sp³-hybridized carbons (Fsp3) is 0.238. The van der Waals surface area contributed by atoms with E-state index in [9.17, 15) is 18.5 Å². The summed E-state index contributed by atoms with van der Waals surface area (Å²) in [5.41, 5.74) is 3.54. The monoisotopic (exact) mass is 443 g/mol. The maximum atomic E-state index is 12.8.